The number of carbonyl (C=O) groups excluding carboxylic acids is 1. The lowest BCUT2D eigenvalue weighted by atomic mass is 9.79. The van der Waals surface area contributed by atoms with Gasteiger partial charge < -0.3 is 11.1 Å². The van der Waals surface area contributed by atoms with E-state index in [-0.39, 0.29) is 11.9 Å². The summed E-state index contributed by atoms with van der Waals surface area (Å²) in [6.45, 7) is 4.05. The number of nitrogens with zero attached hydrogens (tertiary/aromatic N) is 2. The number of urea groups is 1. The van der Waals surface area contributed by atoms with E-state index in [4.69, 9.17) is 5.73 Å². The number of rotatable bonds is 4. The lowest BCUT2D eigenvalue weighted by Gasteiger charge is -2.28. The number of allylic oxidation sites excluding steroid dienone is 6. The van der Waals surface area contributed by atoms with E-state index in [2.05, 4.69) is 27.8 Å². The fourth-order valence-electron chi connectivity index (χ4n) is 3.78. The van der Waals surface area contributed by atoms with Crippen molar-refractivity contribution in [3.8, 4) is 6.07 Å². The van der Waals surface area contributed by atoms with Crippen molar-refractivity contribution >= 4 is 11.9 Å². The summed E-state index contributed by atoms with van der Waals surface area (Å²) in [4.78, 5) is 17.3. The summed E-state index contributed by atoms with van der Waals surface area (Å²) in [6, 6.07) is 9.89. The minimum atomic E-state index is -0.368. The first kappa shape index (κ1) is 21.1. The van der Waals surface area contributed by atoms with Gasteiger partial charge in [0.05, 0.1) is 23.3 Å². The van der Waals surface area contributed by atoms with E-state index in [9.17, 15) is 10.1 Å². The van der Waals surface area contributed by atoms with Gasteiger partial charge in [0.25, 0.3) is 0 Å². The van der Waals surface area contributed by atoms with Crippen molar-refractivity contribution in [2.75, 3.05) is 0 Å². The molecule has 30 heavy (non-hydrogen) atoms. The number of benzene rings is 1. The van der Waals surface area contributed by atoms with Crippen LogP contribution in [-0.2, 0) is 0 Å². The number of nitrogens with one attached hydrogen (secondary N) is 2. The number of aryl methyl sites for hydroxylation is 1. The van der Waals surface area contributed by atoms with Crippen molar-refractivity contribution in [2.45, 2.75) is 45.4 Å². The zero-order valence-corrected chi connectivity index (χ0v) is 17.4. The van der Waals surface area contributed by atoms with E-state index < -0.39 is 0 Å². The van der Waals surface area contributed by atoms with Crippen LogP contribution < -0.4 is 16.4 Å². The maximum absolute atomic E-state index is 12.6. The lowest BCUT2D eigenvalue weighted by Crippen LogP contribution is -2.42. The highest BCUT2D eigenvalue weighted by molar-refractivity contribution is 6.10. The molecule has 2 aliphatic rings. The van der Waals surface area contributed by atoms with Gasteiger partial charge in [-0.05, 0) is 43.4 Å². The smallest absolute Gasteiger partial charge is 0.324 e. The molecule has 0 radical (unpaired) electrons. The standard InChI is InChI=1S/C24H27N5O/c1-3-9-21-19(14-25)22(18-13-8-7-10-16(18)2)20(15-26)23(28-21)29-24(30)27-17-11-5-4-6-12-17/h4-5,7-8,10-11,13,15,22H,3,6,9,12,26H2,1-2H3,(H2,27,28,29,30). The second-order valence-electron chi connectivity index (χ2n) is 7.33. The molecule has 0 saturated heterocycles. The molecule has 3 rings (SSSR count). The summed E-state index contributed by atoms with van der Waals surface area (Å²) in [5.74, 6) is 0.0186. The first-order valence-electron chi connectivity index (χ1n) is 10.2. The minimum absolute atomic E-state index is 0.366. The van der Waals surface area contributed by atoms with E-state index >= 15 is 0 Å². The van der Waals surface area contributed by atoms with Crippen molar-refractivity contribution in [3.05, 3.63) is 82.4 Å². The van der Waals surface area contributed by atoms with Crippen LogP contribution in [0.3, 0.4) is 0 Å². The molecule has 6 heteroatoms. The molecule has 1 aliphatic carbocycles. The van der Waals surface area contributed by atoms with Gasteiger partial charge in [-0.3, -0.25) is 5.32 Å². The average molecular weight is 402 g/mol. The van der Waals surface area contributed by atoms with Crippen molar-refractivity contribution < 1.29 is 4.79 Å². The predicted octanol–water partition coefficient (Wildman–Crippen LogP) is 4.44. The molecule has 0 spiro atoms. The highest BCUT2D eigenvalue weighted by atomic mass is 16.2. The zero-order chi connectivity index (χ0) is 21.5. The number of amidine groups is 1. The molecular weight excluding hydrogens is 374 g/mol. The van der Waals surface area contributed by atoms with Crippen LogP contribution in [0, 0.1) is 18.3 Å². The number of amides is 2. The van der Waals surface area contributed by atoms with Crippen molar-refractivity contribution in [1.29, 1.82) is 5.26 Å². The number of hydrogen-bond donors (Lipinski definition) is 3. The summed E-state index contributed by atoms with van der Waals surface area (Å²) >= 11 is 0. The zero-order valence-electron chi connectivity index (χ0n) is 17.4. The van der Waals surface area contributed by atoms with Gasteiger partial charge >= 0.3 is 6.03 Å². The van der Waals surface area contributed by atoms with Crippen LogP contribution >= 0.6 is 0 Å². The number of hydrogen-bond acceptors (Lipinski definition) is 4. The molecule has 1 aromatic carbocycles. The van der Waals surface area contributed by atoms with Gasteiger partial charge in [-0.2, -0.15) is 5.26 Å². The second-order valence-corrected chi connectivity index (χ2v) is 7.33. The van der Waals surface area contributed by atoms with Crippen molar-refractivity contribution in [2.24, 2.45) is 10.7 Å². The SMILES string of the molecule is CCCC1=C(C#N)C(c2ccccc2C)C(=CN)C(NC(=O)NC2=CC=CCC2)=N1. The first-order chi connectivity index (χ1) is 14.6. The topological polar surface area (TPSA) is 103 Å². The second kappa shape index (κ2) is 9.75. The Morgan fingerprint density at radius 3 is 2.80 bits per heavy atom. The highest BCUT2D eigenvalue weighted by Crippen LogP contribution is 2.39. The Kier molecular flexibility index (Phi) is 6.87. The average Bonchev–Trinajstić information content (AvgIpc) is 2.74. The van der Waals surface area contributed by atoms with Crippen LogP contribution in [0.15, 0.2) is 76.2 Å². The van der Waals surface area contributed by atoms with Crippen LogP contribution in [0.1, 0.15) is 49.7 Å². The van der Waals surface area contributed by atoms with E-state index in [1.165, 1.54) is 6.20 Å². The minimum Gasteiger partial charge on any atom is -0.404 e. The maximum atomic E-state index is 12.6. The molecule has 1 aliphatic heterocycles. The largest absolute Gasteiger partial charge is 0.404 e. The molecule has 0 aromatic heterocycles. The van der Waals surface area contributed by atoms with E-state index in [1.807, 2.05) is 50.3 Å². The van der Waals surface area contributed by atoms with E-state index in [0.29, 0.717) is 29.1 Å². The van der Waals surface area contributed by atoms with Gasteiger partial charge in [-0.1, -0.05) is 49.8 Å². The summed E-state index contributed by atoms with van der Waals surface area (Å²) < 4.78 is 0. The fourth-order valence-corrected chi connectivity index (χ4v) is 3.78. The van der Waals surface area contributed by atoms with Gasteiger partial charge in [-0.15, -0.1) is 0 Å². The number of carbonyl (C=O) groups is 1. The molecule has 154 valence electrons. The molecular formula is C24H27N5O. The molecule has 1 heterocycles. The molecule has 4 N–H and O–H groups in total. The third kappa shape index (κ3) is 4.52. The summed E-state index contributed by atoms with van der Waals surface area (Å²) in [7, 11) is 0. The highest BCUT2D eigenvalue weighted by Gasteiger charge is 2.33. The van der Waals surface area contributed by atoms with Gasteiger partial charge in [0.2, 0.25) is 0 Å². The molecule has 0 saturated carbocycles. The van der Waals surface area contributed by atoms with Gasteiger partial charge in [-0.25, -0.2) is 9.79 Å². The quantitative estimate of drug-likeness (QED) is 0.694. The maximum Gasteiger partial charge on any atom is 0.324 e. The molecule has 1 atom stereocenters. The molecule has 1 unspecified atom stereocenters. The third-order valence-corrected chi connectivity index (χ3v) is 5.24. The summed E-state index contributed by atoms with van der Waals surface area (Å²) in [5, 5.41) is 15.7. The number of nitrogens with two attached hydrogens (primary N) is 1. The number of aliphatic imine (C=N–C) groups is 1. The van der Waals surface area contributed by atoms with Crippen LogP contribution in [0.2, 0.25) is 0 Å². The van der Waals surface area contributed by atoms with Crippen LogP contribution in [0.4, 0.5) is 4.79 Å². The third-order valence-electron chi connectivity index (χ3n) is 5.24. The van der Waals surface area contributed by atoms with Gasteiger partial charge in [0, 0.05) is 17.5 Å². The fraction of sp³-hybridized carbons (Fsp3) is 0.292. The molecule has 0 bridgehead atoms. The lowest BCUT2D eigenvalue weighted by molar-refractivity contribution is 0.247. The van der Waals surface area contributed by atoms with Crippen LogP contribution in [-0.4, -0.2) is 11.9 Å². The Balaban J connectivity index is 1.99. The molecule has 1 aromatic rings. The van der Waals surface area contributed by atoms with Crippen LogP contribution in [0.5, 0.6) is 0 Å². The van der Waals surface area contributed by atoms with Gasteiger partial charge in [0.1, 0.15) is 5.84 Å². The van der Waals surface area contributed by atoms with E-state index in [1.54, 1.807) is 0 Å². The summed E-state index contributed by atoms with van der Waals surface area (Å²) in [6.07, 6.45) is 10.5. The van der Waals surface area contributed by atoms with Gasteiger partial charge in [0.15, 0.2) is 0 Å². The monoisotopic (exact) mass is 401 g/mol. The molecule has 0 fully saturated rings. The Morgan fingerprint density at radius 2 is 2.17 bits per heavy atom. The molecule has 2 amide bonds. The Bertz CT molecular complexity index is 1020. The van der Waals surface area contributed by atoms with Crippen molar-refractivity contribution in [3.63, 3.8) is 0 Å². The van der Waals surface area contributed by atoms with Crippen LogP contribution in [0.25, 0.3) is 0 Å². The Labute approximate surface area is 177 Å². The van der Waals surface area contributed by atoms with E-state index in [0.717, 1.165) is 36.1 Å². The van der Waals surface area contributed by atoms with Crippen molar-refractivity contribution in [1.82, 2.24) is 10.6 Å². The predicted molar refractivity (Wildman–Crippen MR) is 119 cm³/mol. The normalized spacial score (nSPS) is 19.8. The number of nitriles is 1. The molecule has 6 nitrogen and oxygen atoms in total. The Morgan fingerprint density at radius 1 is 1.37 bits per heavy atom. The Hall–Kier alpha value is -3.59. The first-order valence-corrected chi connectivity index (χ1v) is 10.2. The summed E-state index contributed by atoms with van der Waals surface area (Å²) in [5.41, 5.74) is 10.8.